The Kier molecular flexibility index (Phi) is 2.81. The summed E-state index contributed by atoms with van der Waals surface area (Å²) in [5.74, 6) is 0. The molecule has 2 heteroatoms. The van der Waals surface area contributed by atoms with E-state index in [0.29, 0.717) is 0 Å². The Labute approximate surface area is 91.3 Å². The van der Waals surface area contributed by atoms with Gasteiger partial charge in [0.25, 0.3) is 0 Å². The van der Waals surface area contributed by atoms with Crippen LogP contribution in [0.1, 0.15) is 37.0 Å². The molecule has 0 saturated heterocycles. The number of nitrogens with one attached hydrogen (secondary N) is 1. The normalized spacial score (nSPS) is 17.0. The van der Waals surface area contributed by atoms with Crippen molar-refractivity contribution in [3.8, 4) is 0 Å². The van der Waals surface area contributed by atoms with Crippen LogP contribution < -0.4 is 5.32 Å². The topological polar surface area (TPSA) is 32.3 Å². The summed E-state index contributed by atoms with van der Waals surface area (Å²) < 4.78 is 0. The Hall–Kier alpha value is -0.860. The molecule has 82 valence electrons. The van der Waals surface area contributed by atoms with Crippen LogP contribution in [-0.2, 0) is 18.6 Å². The molecule has 1 heterocycles. The number of rotatable bonds is 1. The maximum absolute atomic E-state index is 9.95. The zero-order chi connectivity index (χ0) is 10.9. The number of fused-ring (bicyclic) bond motifs is 1. The fraction of sp³-hybridized carbons (Fsp3) is 0.538. The van der Waals surface area contributed by atoms with E-state index in [0.717, 1.165) is 25.1 Å². The van der Waals surface area contributed by atoms with E-state index >= 15 is 0 Å². The van der Waals surface area contributed by atoms with Crippen molar-refractivity contribution in [2.24, 2.45) is 0 Å². The lowest BCUT2D eigenvalue weighted by Crippen LogP contribution is -2.16. The number of benzene rings is 1. The predicted molar refractivity (Wildman–Crippen MR) is 61.7 cm³/mol. The lowest BCUT2D eigenvalue weighted by atomic mass is 9.93. The second-order valence-electron chi connectivity index (χ2n) is 4.82. The molecule has 2 rings (SSSR count). The first-order valence-electron chi connectivity index (χ1n) is 5.63. The summed E-state index contributed by atoms with van der Waals surface area (Å²) in [6.07, 6.45) is 2.30. The van der Waals surface area contributed by atoms with Crippen LogP contribution >= 0.6 is 0 Å². The zero-order valence-electron chi connectivity index (χ0n) is 9.51. The van der Waals surface area contributed by atoms with Crippen molar-refractivity contribution in [1.29, 1.82) is 0 Å². The quantitative estimate of drug-likeness (QED) is 0.734. The highest BCUT2D eigenvalue weighted by Gasteiger charge is 2.17. The fourth-order valence-electron chi connectivity index (χ4n) is 2.04. The average Bonchev–Trinajstić information content (AvgIpc) is 2.39. The van der Waals surface area contributed by atoms with Gasteiger partial charge in [0.2, 0.25) is 0 Å². The van der Waals surface area contributed by atoms with E-state index in [-0.39, 0.29) is 0 Å². The molecule has 2 nitrogen and oxygen atoms in total. The third kappa shape index (κ3) is 2.39. The van der Waals surface area contributed by atoms with Crippen molar-refractivity contribution in [2.45, 2.75) is 38.8 Å². The van der Waals surface area contributed by atoms with Gasteiger partial charge in [-0.3, -0.25) is 0 Å². The number of aliphatic hydroxyl groups is 1. The van der Waals surface area contributed by atoms with Crippen molar-refractivity contribution in [2.75, 3.05) is 6.54 Å². The van der Waals surface area contributed by atoms with E-state index in [2.05, 4.69) is 17.4 Å². The minimum atomic E-state index is -0.727. The number of aryl methyl sites for hydroxylation is 1. The molecule has 0 atom stereocenters. The van der Waals surface area contributed by atoms with Gasteiger partial charge in [0.05, 0.1) is 5.60 Å². The monoisotopic (exact) mass is 205 g/mol. The first-order valence-corrected chi connectivity index (χ1v) is 5.63. The molecule has 1 aromatic rings. The van der Waals surface area contributed by atoms with Crippen LogP contribution in [0.3, 0.4) is 0 Å². The highest BCUT2D eigenvalue weighted by molar-refractivity contribution is 5.35. The van der Waals surface area contributed by atoms with Crippen LogP contribution in [0.25, 0.3) is 0 Å². The van der Waals surface area contributed by atoms with Gasteiger partial charge in [-0.15, -0.1) is 0 Å². The lowest BCUT2D eigenvalue weighted by molar-refractivity contribution is 0.0785. The van der Waals surface area contributed by atoms with Crippen LogP contribution in [0.15, 0.2) is 18.2 Å². The van der Waals surface area contributed by atoms with Crippen molar-refractivity contribution in [3.05, 3.63) is 34.9 Å². The van der Waals surface area contributed by atoms with Crippen LogP contribution in [-0.4, -0.2) is 11.7 Å². The van der Waals surface area contributed by atoms with Crippen LogP contribution in [0.4, 0.5) is 0 Å². The Morgan fingerprint density at radius 2 is 2.07 bits per heavy atom. The van der Waals surface area contributed by atoms with Crippen molar-refractivity contribution in [3.63, 3.8) is 0 Å². The van der Waals surface area contributed by atoms with Gasteiger partial charge in [0.1, 0.15) is 0 Å². The molecular formula is C13H19NO. The SMILES string of the molecule is CC(C)(O)c1ccc2c(c1)CCCNC2. The van der Waals surface area contributed by atoms with Crippen LogP contribution in [0.5, 0.6) is 0 Å². The molecule has 0 saturated carbocycles. The molecule has 1 aliphatic rings. The van der Waals surface area contributed by atoms with E-state index in [1.54, 1.807) is 0 Å². The van der Waals surface area contributed by atoms with E-state index in [1.807, 2.05) is 19.9 Å². The fourth-order valence-corrected chi connectivity index (χ4v) is 2.04. The average molecular weight is 205 g/mol. The van der Waals surface area contributed by atoms with Gasteiger partial charge >= 0.3 is 0 Å². The van der Waals surface area contributed by atoms with Gasteiger partial charge in [-0.25, -0.2) is 0 Å². The molecule has 0 fully saturated rings. The Morgan fingerprint density at radius 1 is 1.27 bits per heavy atom. The largest absolute Gasteiger partial charge is 0.386 e. The van der Waals surface area contributed by atoms with Gasteiger partial charge in [-0.05, 0) is 49.9 Å². The number of hydrogen-bond acceptors (Lipinski definition) is 2. The smallest absolute Gasteiger partial charge is 0.0840 e. The maximum atomic E-state index is 9.95. The first-order chi connectivity index (χ1) is 7.07. The standard InChI is InChI=1S/C13H19NO/c1-13(2,15)12-6-5-11-9-14-7-3-4-10(11)8-12/h5-6,8,14-15H,3-4,7,9H2,1-2H3. The van der Waals surface area contributed by atoms with Crippen molar-refractivity contribution >= 4 is 0 Å². The summed E-state index contributed by atoms with van der Waals surface area (Å²) in [5.41, 5.74) is 3.05. The van der Waals surface area contributed by atoms with Gasteiger partial charge in [-0.1, -0.05) is 18.2 Å². The molecule has 0 aliphatic carbocycles. The Morgan fingerprint density at radius 3 is 2.80 bits per heavy atom. The second kappa shape index (κ2) is 3.95. The molecule has 0 radical (unpaired) electrons. The zero-order valence-corrected chi connectivity index (χ0v) is 9.51. The summed E-state index contributed by atoms with van der Waals surface area (Å²) in [6, 6.07) is 6.33. The van der Waals surface area contributed by atoms with E-state index in [4.69, 9.17) is 0 Å². The number of hydrogen-bond donors (Lipinski definition) is 2. The minimum Gasteiger partial charge on any atom is -0.386 e. The van der Waals surface area contributed by atoms with Crippen molar-refractivity contribution in [1.82, 2.24) is 5.32 Å². The van der Waals surface area contributed by atoms with Crippen LogP contribution in [0, 0.1) is 0 Å². The summed E-state index contributed by atoms with van der Waals surface area (Å²) in [5, 5.41) is 13.3. The Bertz CT molecular complexity index is 352. The minimum absolute atomic E-state index is 0.727. The molecule has 2 N–H and O–H groups in total. The molecule has 15 heavy (non-hydrogen) atoms. The molecule has 0 amide bonds. The van der Waals surface area contributed by atoms with E-state index < -0.39 is 5.60 Å². The molecule has 1 aliphatic heterocycles. The van der Waals surface area contributed by atoms with Gasteiger partial charge in [-0.2, -0.15) is 0 Å². The summed E-state index contributed by atoms with van der Waals surface area (Å²) in [6.45, 7) is 5.72. The first kappa shape index (κ1) is 10.7. The second-order valence-corrected chi connectivity index (χ2v) is 4.82. The molecule has 0 bridgehead atoms. The van der Waals surface area contributed by atoms with Crippen LogP contribution in [0.2, 0.25) is 0 Å². The molecular weight excluding hydrogens is 186 g/mol. The molecule has 0 spiro atoms. The highest BCUT2D eigenvalue weighted by atomic mass is 16.3. The molecule has 0 unspecified atom stereocenters. The van der Waals surface area contributed by atoms with Gasteiger partial charge in [0, 0.05) is 6.54 Å². The third-order valence-electron chi connectivity index (χ3n) is 3.03. The highest BCUT2D eigenvalue weighted by Crippen LogP contribution is 2.24. The van der Waals surface area contributed by atoms with E-state index in [9.17, 15) is 5.11 Å². The van der Waals surface area contributed by atoms with E-state index in [1.165, 1.54) is 17.5 Å². The molecule has 0 aromatic heterocycles. The van der Waals surface area contributed by atoms with Gasteiger partial charge in [0.15, 0.2) is 0 Å². The predicted octanol–water partition coefficient (Wildman–Crippen LogP) is 1.95. The third-order valence-corrected chi connectivity index (χ3v) is 3.03. The molecule has 1 aromatic carbocycles. The lowest BCUT2D eigenvalue weighted by Gasteiger charge is -2.19. The maximum Gasteiger partial charge on any atom is 0.0840 e. The summed E-state index contributed by atoms with van der Waals surface area (Å²) in [4.78, 5) is 0. The summed E-state index contributed by atoms with van der Waals surface area (Å²) in [7, 11) is 0. The van der Waals surface area contributed by atoms with Crippen molar-refractivity contribution < 1.29 is 5.11 Å². The summed E-state index contributed by atoms with van der Waals surface area (Å²) >= 11 is 0. The Balaban J connectivity index is 2.36. The van der Waals surface area contributed by atoms with Gasteiger partial charge < -0.3 is 10.4 Å².